The number of nitrogens with one attached hydrogen (secondary N) is 1. The summed E-state index contributed by atoms with van der Waals surface area (Å²) in [7, 11) is 1.32. The molecule has 1 aromatic rings. The van der Waals surface area contributed by atoms with Crippen molar-refractivity contribution in [1.82, 2.24) is 15.2 Å². The van der Waals surface area contributed by atoms with Crippen LogP contribution in [-0.2, 0) is 20.9 Å². The van der Waals surface area contributed by atoms with Gasteiger partial charge in [-0.1, -0.05) is 0 Å². The van der Waals surface area contributed by atoms with Crippen LogP contribution in [0.4, 0.5) is 0 Å². The van der Waals surface area contributed by atoms with E-state index in [4.69, 9.17) is 0 Å². The first-order valence-electron chi connectivity index (χ1n) is 6.18. The predicted molar refractivity (Wildman–Crippen MR) is 68.1 cm³/mol. The molecule has 0 saturated carbocycles. The van der Waals surface area contributed by atoms with Gasteiger partial charge < -0.3 is 15.0 Å². The number of rotatable bonds is 4. The van der Waals surface area contributed by atoms with Crippen molar-refractivity contribution in [3.63, 3.8) is 0 Å². The second-order valence-electron chi connectivity index (χ2n) is 4.40. The van der Waals surface area contributed by atoms with Crippen molar-refractivity contribution in [2.45, 2.75) is 19.0 Å². The first-order valence-corrected chi connectivity index (χ1v) is 6.18. The standard InChI is InChI=1S/C13H17N3O3/c1-19-12(17)8-11-13(18)16(7-6-15-11)9-10-2-4-14-5-3-10/h2-5,11,15H,6-9H2,1H3. The first kappa shape index (κ1) is 13.5. The fourth-order valence-electron chi connectivity index (χ4n) is 2.07. The highest BCUT2D eigenvalue weighted by atomic mass is 16.5. The van der Waals surface area contributed by atoms with Gasteiger partial charge in [-0.2, -0.15) is 0 Å². The van der Waals surface area contributed by atoms with E-state index < -0.39 is 6.04 Å². The maximum atomic E-state index is 12.2. The second-order valence-corrected chi connectivity index (χ2v) is 4.40. The van der Waals surface area contributed by atoms with Crippen LogP contribution in [0, 0.1) is 0 Å². The van der Waals surface area contributed by atoms with Gasteiger partial charge in [0.05, 0.1) is 19.6 Å². The molecule has 6 heteroatoms. The Hall–Kier alpha value is -1.95. The van der Waals surface area contributed by atoms with Gasteiger partial charge in [0.1, 0.15) is 0 Å². The minimum atomic E-state index is -0.483. The number of ether oxygens (including phenoxy) is 1. The van der Waals surface area contributed by atoms with E-state index >= 15 is 0 Å². The Balaban J connectivity index is 1.98. The molecule has 1 aliphatic heterocycles. The summed E-state index contributed by atoms with van der Waals surface area (Å²) in [5, 5.41) is 3.05. The number of esters is 1. The molecule has 1 atom stereocenters. The monoisotopic (exact) mass is 263 g/mol. The third-order valence-electron chi connectivity index (χ3n) is 3.10. The van der Waals surface area contributed by atoms with Crippen molar-refractivity contribution in [3.05, 3.63) is 30.1 Å². The Morgan fingerprint density at radius 2 is 2.26 bits per heavy atom. The summed E-state index contributed by atoms with van der Waals surface area (Å²) < 4.78 is 4.60. The molecule has 2 rings (SSSR count). The van der Waals surface area contributed by atoms with Crippen LogP contribution in [0.5, 0.6) is 0 Å². The maximum Gasteiger partial charge on any atom is 0.307 e. The van der Waals surface area contributed by atoms with Crippen LogP contribution in [0.25, 0.3) is 0 Å². The molecule has 0 aliphatic carbocycles. The normalized spacial score (nSPS) is 19.3. The lowest BCUT2D eigenvalue weighted by atomic mass is 10.1. The molecule has 2 heterocycles. The van der Waals surface area contributed by atoms with E-state index in [1.807, 2.05) is 12.1 Å². The number of hydrogen-bond donors (Lipinski definition) is 1. The zero-order valence-electron chi connectivity index (χ0n) is 10.8. The number of hydrogen-bond acceptors (Lipinski definition) is 5. The molecule has 1 aliphatic rings. The quantitative estimate of drug-likeness (QED) is 0.771. The highest BCUT2D eigenvalue weighted by molar-refractivity contribution is 5.87. The number of piperazine rings is 1. The molecule has 1 fully saturated rings. The minimum absolute atomic E-state index is 0.0616. The lowest BCUT2D eigenvalue weighted by Crippen LogP contribution is -2.55. The Morgan fingerprint density at radius 1 is 1.53 bits per heavy atom. The number of carbonyl (C=O) groups excluding carboxylic acids is 2. The van der Waals surface area contributed by atoms with Gasteiger partial charge in [-0.15, -0.1) is 0 Å². The topological polar surface area (TPSA) is 71.5 Å². The largest absolute Gasteiger partial charge is 0.469 e. The third kappa shape index (κ3) is 3.51. The summed E-state index contributed by atoms with van der Waals surface area (Å²) in [6.45, 7) is 1.86. The Morgan fingerprint density at radius 3 is 2.95 bits per heavy atom. The van der Waals surface area contributed by atoms with Crippen LogP contribution in [0.3, 0.4) is 0 Å². The number of amides is 1. The SMILES string of the molecule is COC(=O)CC1NCCN(Cc2ccncc2)C1=O. The van der Waals surface area contributed by atoms with Gasteiger partial charge in [-0.25, -0.2) is 0 Å². The third-order valence-corrected chi connectivity index (χ3v) is 3.10. The van der Waals surface area contributed by atoms with Gasteiger partial charge in [0.2, 0.25) is 5.91 Å². The highest BCUT2D eigenvalue weighted by Crippen LogP contribution is 2.10. The lowest BCUT2D eigenvalue weighted by molar-refractivity contribution is -0.146. The van der Waals surface area contributed by atoms with E-state index in [0.717, 1.165) is 5.56 Å². The van der Waals surface area contributed by atoms with E-state index in [2.05, 4.69) is 15.0 Å². The van der Waals surface area contributed by atoms with Gasteiger partial charge in [-0.05, 0) is 17.7 Å². The van der Waals surface area contributed by atoms with Crippen LogP contribution in [0.2, 0.25) is 0 Å². The lowest BCUT2D eigenvalue weighted by Gasteiger charge is -2.32. The Labute approximate surface area is 111 Å². The molecule has 102 valence electrons. The number of nitrogens with zero attached hydrogens (tertiary/aromatic N) is 2. The van der Waals surface area contributed by atoms with Crippen molar-refractivity contribution < 1.29 is 14.3 Å². The minimum Gasteiger partial charge on any atom is -0.469 e. The summed E-state index contributed by atoms with van der Waals surface area (Å²) in [5.41, 5.74) is 1.03. The van der Waals surface area contributed by atoms with Crippen molar-refractivity contribution in [1.29, 1.82) is 0 Å². The summed E-state index contributed by atoms with van der Waals surface area (Å²) in [6.07, 6.45) is 3.48. The molecule has 1 amide bonds. The highest BCUT2D eigenvalue weighted by Gasteiger charge is 2.30. The Kier molecular flexibility index (Phi) is 4.46. The molecule has 1 N–H and O–H groups in total. The van der Waals surface area contributed by atoms with E-state index in [9.17, 15) is 9.59 Å². The van der Waals surface area contributed by atoms with E-state index in [0.29, 0.717) is 19.6 Å². The summed E-state index contributed by atoms with van der Waals surface area (Å²) in [6, 6.07) is 3.28. The van der Waals surface area contributed by atoms with Crippen LogP contribution in [0.1, 0.15) is 12.0 Å². The Bertz CT molecular complexity index is 450. The molecular weight excluding hydrogens is 246 g/mol. The van der Waals surface area contributed by atoms with Gasteiger partial charge in [0, 0.05) is 32.0 Å². The first-order chi connectivity index (χ1) is 9.20. The molecule has 0 aromatic carbocycles. The smallest absolute Gasteiger partial charge is 0.307 e. The molecule has 1 aromatic heterocycles. The summed E-state index contributed by atoms with van der Waals surface area (Å²) in [4.78, 5) is 29.2. The number of aromatic nitrogens is 1. The van der Waals surface area contributed by atoms with Gasteiger partial charge in [0.15, 0.2) is 0 Å². The van der Waals surface area contributed by atoms with Crippen molar-refractivity contribution in [2.24, 2.45) is 0 Å². The molecular formula is C13H17N3O3. The van der Waals surface area contributed by atoms with Crippen LogP contribution < -0.4 is 5.32 Å². The fraction of sp³-hybridized carbons (Fsp3) is 0.462. The van der Waals surface area contributed by atoms with Crippen molar-refractivity contribution in [2.75, 3.05) is 20.2 Å². The number of methoxy groups -OCH3 is 1. The molecule has 0 spiro atoms. The number of pyridine rings is 1. The summed E-state index contributed by atoms with van der Waals surface area (Å²) in [5.74, 6) is -0.440. The molecule has 19 heavy (non-hydrogen) atoms. The molecule has 1 saturated heterocycles. The molecule has 0 radical (unpaired) electrons. The average Bonchev–Trinajstić information content (AvgIpc) is 2.44. The van der Waals surface area contributed by atoms with E-state index in [1.165, 1.54) is 7.11 Å². The van der Waals surface area contributed by atoms with Crippen LogP contribution in [0.15, 0.2) is 24.5 Å². The van der Waals surface area contributed by atoms with Gasteiger partial charge >= 0.3 is 5.97 Å². The molecule has 1 unspecified atom stereocenters. The average molecular weight is 263 g/mol. The molecule has 6 nitrogen and oxygen atoms in total. The van der Waals surface area contributed by atoms with Crippen LogP contribution >= 0.6 is 0 Å². The van der Waals surface area contributed by atoms with Gasteiger partial charge in [0.25, 0.3) is 0 Å². The summed E-state index contributed by atoms with van der Waals surface area (Å²) >= 11 is 0. The second kappa shape index (κ2) is 6.29. The van der Waals surface area contributed by atoms with E-state index in [-0.39, 0.29) is 18.3 Å². The fourth-order valence-corrected chi connectivity index (χ4v) is 2.07. The molecule has 0 bridgehead atoms. The maximum absolute atomic E-state index is 12.2. The van der Waals surface area contributed by atoms with Gasteiger partial charge in [-0.3, -0.25) is 14.6 Å². The van der Waals surface area contributed by atoms with Crippen LogP contribution in [-0.4, -0.2) is 48.0 Å². The van der Waals surface area contributed by atoms with Crippen molar-refractivity contribution in [3.8, 4) is 0 Å². The van der Waals surface area contributed by atoms with E-state index in [1.54, 1.807) is 17.3 Å². The zero-order valence-corrected chi connectivity index (χ0v) is 10.8. The predicted octanol–water partition coefficient (Wildman–Crippen LogP) is -0.0549. The zero-order chi connectivity index (χ0) is 13.7. The van der Waals surface area contributed by atoms with Crippen molar-refractivity contribution >= 4 is 11.9 Å². The number of carbonyl (C=O) groups is 2.